The van der Waals surface area contributed by atoms with Crippen molar-refractivity contribution in [2.45, 2.75) is 31.5 Å². The van der Waals surface area contributed by atoms with Gasteiger partial charge in [-0.15, -0.1) is 0 Å². The van der Waals surface area contributed by atoms with E-state index < -0.39 is 0 Å². The van der Waals surface area contributed by atoms with E-state index in [-0.39, 0.29) is 5.79 Å². The summed E-state index contributed by atoms with van der Waals surface area (Å²) in [6, 6.07) is 0. The number of methoxy groups -OCH3 is 1. The largest absolute Gasteiger partial charge is 0.382 e. The van der Waals surface area contributed by atoms with Crippen LogP contribution in [0.15, 0.2) is 0 Å². The molecule has 0 N–H and O–H groups in total. The summed E-state index contributed by atoms with van der Waals surface area (Å²) >= 11 is 0. The molecular formula is C14H26O5. The molecule has 1 aliphatic heterocycles. The molecule has 1 heterocycles. The molecule has 2 rings (SSSR count). The summed E-state index contributed by atoms with van der Waals surface area (Å²) in [6.45, 7) is 4.92. The van der Waals surface area contributed by atoms with Gasteiger partial charge in [0.2, 0.25) is 0 Å². The van der Waals surface area contributed by atoms with Crippen LogP contribution in [0.3, 0.4) is 0 Å². The first-order valence-electron chi connectivity index (χ1n) is 7.27. The van der Waals surface area contributed by atoms with Crippen LogP contribution < -0.4 is 0 Å². The molecule has 5 nitrogen and oxygen atoms in total. The summed E-state index contributed by atoms with van der Waals surface area (Å²) in [5.74, 6) is 0.386. The van der Waals surface area contributed by atoms with Crippen molar-refractivity contribution in [3.05, 3.63) is 0 Å². The van der Waals surface area contributed by atoms with Crippen LogP contribution in [0, 0.1) is 5.92 Å². The third kappa shape index (κ3) is 5.00. The van der Waals surface area contributed by atoms with Crippen molar-refractivity contribution < 1.29 is 23.7 Å². The van der Waals surface area contributed by atoms with E-state index in [0.29, 0.717) is 32.3 Å². The number of ether oxygens (including phenoxy) is 5. The molecule has 0 unspecified atom stereocenters. The van der Waals surface area contributed by atoms with Gasteiger partial charge in [0, 0.05) is 26.6 Å². The summed E-state index contributed by atoms with van der Waals surface area (Å²) in [4.78, 5) is 0. The van der Waals surface area contributed by atoms with E-state index >= 15 is 0 Å². The lowest BCUT2D eigenvalue weighted by molar-refractivity contribution is -0.184. The van der Waals surface area contributed by atoms with E-state index in [1.54, 1.807) is 7.11 Å². The quantitative estimate of drug-likeness (QED) is 0.629. The maximum absolute atomic E-state index is 5.72. The molecule has 112 valence electrons. The molecule has 0 atom stereocenters. The molecule has 0 aromatic rings. The van der Waals surface area contributed by atoms with E-state index in [0.717, 1.165) is 45.5 Å². The number of hydrogen-bond donors (Lipinski definition) is 0. The Morgan fingerprint density at radius 1 is 0.947 bits per heavy atom. The zero-order valence-corrected chi connectivity index (χ0v) is 11.9. The Hall–Kier alpha value is -0.200. The Bertz CT molecular complexity index is 230. The van der Waals surface area contributed by atoms with Gasteiger partial charge in [-0.05, 0) is 18.8 Å². The van der Waals surface area contributed by atoms with Crippen LogP contribution in [0.2, 0.25) is 0 Å². The molecule has 1 saturated carbocycles. The summed E-state index contributed by atoms with van der Waals surface area (Å²) in [5, 5.41) is 0. The van der Waals surface area contributed by atoms with Crippen molar-refractivity contribution in [1.82, 2.24) is 0 Å². The Labute approximate surface area is 115 Å². The van der Waals surface area contributed by atoms with Crippen molar-refractivity contribution >= 4 is 0 Å². The molecule has 2 aliphatic rings. The first-order valence-corrected chi connectivity index (χ1v) is 7.27. The third-order valence-corrected chi connectivity index (χ3v) is 3.84. The van der Waals surface area contributed by atoms with Gasteiger partial charge in [0.05, 0.1) is 39.6 Å². The molecule has 2 fully saturated rings. The molecular weight excluding hydrogens is 248 g/mol. The normalized spacial score (nSPS) is 23.2. The molecule has 1 aliphatic carbocycles. The highest BCUT2D eigenvalue weighted by Crippen LogP contribution is 2.38. The van der Waals surface area contributed by atoms with Crippen LogP contribution in [0.25, 0.3) is 0 Å². The minimum Gasteiger partial charge on any atom is -0.382 e. The van der Waals surface area contributed by atoms with Crippen molar-refractivity contribution in [3.8, 4) is 0 Å². The average Bonchev–Trinajstić information content (AvgIpc) is 2.89. The number of hydrogen-bond acceptors (Lipinski definition) is 5. The van der Waals surface area contributed by atoms with Crippen LogP contribution in [-0.4, -0.2) is 59.1 Å². The van der Waals surface area contributed by atoms with Gasteiger partial charge in [0.15, 0.2) is 5.79 Å². The molecule has 0 radical (unpaired) electrons. The Morgan fingerprint density at radius 3 is 2.26 bits per heavy atom. The molecule has 0 amide bonds. The second-order valence-corrected chi connectivity index (χ2v) is 5.23. The topological polar surface area (TPSA) is 46.2 Å². The van der Waals surface area contributed by atoms with Gasteiger partial charge in [0.1, 0.15) is 0 Å². The lowest BCUT2D eigenvalue weighted by Crippen LogP contribution is -2.36. The van der Waals surface area contributed by atoms with Gasteiger partial charge in [-0.1, -0.05) is 0 Å². The molecule has 5 heteroatoms. The molecule has 1 saturated heterocycles. The Kier molecular flexibility index (Phi) is 6.53. The summed E-state index contributed by atoms with van der Waals surface area (Å²) in [7, 11) is 1.67. The van der Waals surface area contributed by atoms with Gasteiger partial charge in [-0.25, -0.2) is 0 Å². The fourth-order valence-electron chi connectivity index (χ4n) is 2.68. The lowest BCUT2D eigenvalue weighted by Gasteiger charge is -2.35. The summed E-state index contributed by atoms with van der Waals surface area (Å²) in [5.41, 5.74) is 0. The van der Waals surface area contributed by atoms with E-state index in [1.165, 1.54) is 0 Å². The van der Waals surface area contributed by atoms with Gasteiger partial charge in [-0.3, -0.25) is 0 Å². The predicted octanol–water partition coefficient (Wildman–Crippen LogP) is 1.60. The molecule has 0 aromatic heterocycles. The van der Waals surface area contributed by atoms with Crippen molar-refractivity contribution in [2.24, 2.45) is 5.92 Å². The first kappa shape index (κ1) is 15.2. The van der Waals surface area contributed by atoms with Crippen LogP contribution >= 0.6 is 0 Å². The second kappa shape index (κ2) is 8.17. The zero-order valence-electron chi connectivity index (χ0n) is 11.9. The Balaban J connectivity index is 1.47. The van der Waals surface area contributed by atoms with E-state index in [2.05, 4.69) is 0 Å². The van der Waals surface area contributed by atoms with Gasteiger partial charge in [0.25, 0.3) is 0 Å². The monoisotopic (exact) mass is 274 g/mol. The summed E-state index contributed by atoms with van der Waals surface area (Å²) in [6.07, 6.45) is 4.27. The second-order valence-electron chi connectivity index (χ2n) is 5.23. The standard InChI is InChI=1S/C14H26O5/c1-15-6-7-16-8-9-17-12-13-2-4-14(5-3-13)18-10-11-19-14/h13H,2-12H2,1H3. The van der Waals surface area contributed by atoms with Crippen molar-refractivity contribution in [3.63, 3.8) is 0 Å². The average molecular weight is 274 g/mol. The minimum atomic E-state index is -0.250. The maximum Gasteiger partial charge on any atom is 0.168 e. The van der Waals surface area contributed by atoms with Gasteiger partial charge in [-0.2, -0.15) is 0 Å². The van der Waals surface area contributed by atoms with Crippen LogP contribution in [-0.2, 0) is 23.7 Å². The molecule has 0 bridgehead atoms. The number of rotatable bonds is 8. The smallest absolute Gasteiger partial charge is 0.168 e. The molecule has 0 aromatic carbocycles. The first-order chi connectivity index (χ1) is 9.35. The SMILES string of the molecule is COCCOCCOCC1CCC2(CC1)OCCO2. The summed E-state index contributed by atoms with van der Waals surface area (Å²) < 4.78 is 27.3. The minimum absolute atomic E-state index is 0.250. The predicted molar refractivity (Wildman–Crippen MR) is 70.1 cm³/mol. The fraction of sp³-hybridized carbons (Fsp3) is 1.00. The van der Waals surface area contributed by atoms with Gasteiger partial charge < -0.3 is 23.7 Å². The van der Waals surface area contributed by atoms with Crippen molar-refractivity contribution in [1.29, 1.82) is 0 Å². The third-order valence-electron chi connectivity index (χ3n) is 3.84. The Morgan fingerprint density at radius 2 is 1.58 bits per heavy atom. The molecule has 1 spiro atoms. The van der Waals surface area contributed by atoms with Crippen molar-refractivity contribution in [2.75, 3.05) is 53.4 Å². The van der Waals surface area contributed by atoms with E-state index in [1.807, 2.05) is 0 Å². The van der Waals surface area contributed by atoms with Crippen LogP contribution in [0.5, 0.6) is 0 Å². The fourth-order valence-corrected chi connectivity index (χ4v) is 2.68. The van der Waals surface area contributed by atoms with Crippen LogP contribution in [0.1, 0.15) is 25.7 Å². The highest BCUT2D eigenvalue weighted by atomic mass is 16.7. The van der Waals surface area contributed by atoms with Gasteiger partial charge >= 0.3 is 0 Å². The molecule has 19 heavy (non-hydrogen) atoms. The van der Waals surface area contributed by atoms with E-state index in [9.17, 15) is 0 Å². The lowest BCUT2D eigenvalue weighted by atomic mass is 9.85. The maximum atomic E-state index is 5.72. The van der Waals surface area contributed by atoms with E-state index in [4.69, 9.17) is 23.7 Å². The van der Waals surface area contributed by atoms with Crippen LogP contribution in [0.4, 0.5) is 0 Å². The highest BCUT2D eigenvalue weighted by Gasteiger charge is 2.40. The zero-order chi connectivity index (χ0) is 13.4. The highest BCUT2D eigenvalue weighted by molar-refractivity contribution is 4.82.